The molecule has 3 aromatic carbocycles. The van der Waals surface area contributed by atoms with Crippen molar-refractivity contribution in [3.8, 4) is 5.75 Å². The number of ether oxygens (including phenoxy) is 1. The Labute approximate surface area is 197 Å². The van der Waals surface area contributed by atoms with E-state index in [4.69, 9.17) is 21.2 Å². The van der Waals surface area contributed by atoms with Crippen LogP contribution in [0.3, 0.4) is 0 Å². The van der Waals surface area contributed by atoms with Gasteiger partial charge in [0.05, 0.1) is 12.2 Å². The molecule has 33 heavy (non-hydrogen) atoms. The largest absolute Gasteiger partial charge is 0.489 e. The zero-order valence-electron chi connectivity index (χ0n) is 18.2. The Hall–Kier alpha value is -3.61. The molecule has 0 aliphatic carbocycles. The lowest BCUT2D eigenvalue weighted by Crippen LogP contribution is -2.23. The molecule has 168 valence electrons. The van der Waals surface area contributed by atoms with Crippen molar-refractivity contribution in [2.45, 2.75) is 26.7 Å². The van der Waals surface area contributed by atoms with Gasteiger partial charge in [-0.2, -0.15) is 5.10 Å². The average molecular weight is 462 g/mol. The molecular weight excluding hydrogens is 438 g/mol. The van der Waals surface area contributed by atoms with Crippen molar-refractivity contribution in [1.29, 1.82) is 0 Å². The van der Waals surface area contributed by atoms with Crippen LogP contribution >= 0.6 is 11.6 Å². The summed E-state index contributed by atoms with van der Waals surface area (Å²) in [7, 11) is 0. The van der Waals surface area contributed by atoms with Gasteiger partial charge in [0, 0.05) is 21.8 Å². The molecule has 0 atom stereocenters. The number of rotatable bonds is 9. The molecule has 0 saturated carbocycles. The van der Waals surface area contributed by atoms with Gasteiger partial charge in [-0.3, -0.25) is 14.3 Å². The zero-order chi connectivity index (χ0) is 23.0. The van der Waals surface area contributed by atoms with Crippen LogP contribution in [-0.4, -0.2) is 15.7 Å². The number of aromatic nitrogens is 2. The zero-order valence-corrected chi connectivity index (χ0v) is 19.0. The van der Waals surface area contributed by atoms with E-state index < -0.39 is 0 Å². The van der Waals surface area contributed by atoms with Crippen LogP contribution in [0.1, 0.15) is 32.9 Å². The third-order valence-electron chi connectivity index (χ3n) is 5.03. The van der Waals surface area contributed by atoms with Crippen molar-refractivity contribution in [2.24, 2.45) is 0 Å². The summed E-state index contributed by atoms with van der Waals surface area (Å²) in [6.45, 7) is 3.08. The van der Waals surface area contributed by atoms with Gasteiger partial charge in [-0.05, 0) is 48.9 Å². The van der Waals surface area contributed by atoms with Crippen molar-refractivity contribution in [3.05, 3.63) is 118 Å². The summed E-state index contributed by atoms with van der Waals surface area (Å²) in [6.07, 6.45) is 0. The van der Waals surface area contributed by atoms with Crippen LogP contribution in [0.25, 0.3) is 0 Å². The Morgan fingerprint density at radius 2 is 1.70 bits per heavy atom. The second kappa shape index (κ2) is 10.8. The third-order valence-corrected chi connectivity index (χ3v) is 5.27. The van der Waals surface area contributed by atoms with Crippen LogP contribution in [0.4, 0.5) is 0 Å². The summed E-state index contributed by atoms with van der Waals surface area (Å²) in [5.41, 5.74) is 6.65. The molecule has 1 heterocycles. The van der Waals surface area contributed by atoms with Gasteiger partial charge in [-0.1, -0.05) is 60.1 Å². The van der Waals surface area contributed by atoms with E-state index >= 15 is 0 Å². The number of hydrogen-bond acceptors (Lipinski definition) is 4. The van der Waals surface area contributed by atoms with Gasteiger partial charge >= 0.3 is 0 Å². The van der Waals surface area contributed by atoms with Crippen molar-refractivity contribution in [3.63, 3.8) is 0 Å². The number of hydrogen-bond donors (Lipinski definition) is 1. The number of hydroxylamine groups is 1. The molecule has 6 nitrogen and oxygen atoms in total. The molecule has 7 heteroatoms. The molecule has 0 spiro atoms. The van der Waals surface area contributed by atoms with Crippen molar-refractivity contribution in [1.82, 2.24) is 15.3 Å². The minimum atomic E-state index is -0.300. The van der Waals surface area contributed by atoms with Crippen LogP contribution in [0, 0.1) is 6.92 Å². The van der Waals surface area contributed by atoms with Crippen LogP contribution in [0.5, 0.6) is 5.75 Å². The van der Waals surface area contributed by atoms with E-state index in [1.807, 2.05) is 72.3 Å². The van der Waals surface area contributed by atoms with Crippen LogP contribution in [0.2, 0.25) is 5.02 Å². The Morgan fingerprint density at radius 1 is 0.970 bits per heavy atom. The molecule has 0 fully saturated rings. The highest BCUT2D eigenvalue weighted by molar-refractivity contribution is 6.30. The van der Waals surface area contributed by atoms with Gasteiger partial charge in [0.2, 0.25) is 0 Å². The summed E-state index contributed by atoms with van der Waals surface area (Å²) in [5.74, 6) is 0.456. The number of halogens is 1. The van der Waals surface area contributed by atoms with Gasteiger partial charge in [0.15, 0.2) is 0 Å². The normalized spacial score (nSPS) is 10.7. The lowest BCUT2D eigenvalue weighted by molar-refractivity contribution is 0.0220. The van der Waals surface area contributed by atoms with Gasteiger partial charge in [-0.25, -0.2) is 5.48 Å². The minimum absolute atomic E-state index is 0.152. The van der Waals surface area contributed by atoms with E-state index in [2.05, 4.69) is 10.6 Å². The van der Waals surface area contributed by atoms with E-state index in [0.717, 1.165) is 22.6 Å². The highest BCUT2D eigenvalue weighted by Gasteiger charge is 2.11. The molecule has 0 bridgehead atoms. The summed E-state index contributed by atoms with van der Waals surface area (Å²) >= 11 is 6.25. The molecule has 1 amide bonds. The quantitative estimate of drug-likeness (QED) is 0.342. The molecule has 0 aliphatic rings. The molecule has 0 saturated heterocycles. The Morgan fingerprint density at radius 3 is 2.45 bits per heavy atom. The highest BCUT2D eigenvalue weighted by atomic mass is 35.5. The van der Waals surface area contributed by atoms with E-state index in [1.54, 1.807) is 24.3 Å². The maximum absolute atomic E-state index is 12.1. The number of nitrogens with one attached hydrogen (secondary N) is 1. The summed E-state index contributed by atoms with van der Waals surface area (Å²) < 4.78 is 7.92. The first-order valence-electron chi connectivity index (χ1n) is 10.5. The number of amides is 1. The standard InChI is InChI=1S/C26H24ClN3O3/c1-19-14-24(18-33-29-26(31)21-10-6-3-7-11-21)28-30(19)16-22-15-23(27)12-13-25(22)32-17-20-8-4-2-5-9-20/h2-15H,16-18H2,1H3,(H,29,31). The molecule has 1 aromatic heterocycles. The second-order valence-corrected chi connectivity index (χ2v) is 7.98. The predicted molar refractivity (Wildman–Crippen MR) is 127 cm³/mol. The van der Waals surface area contributed by atoms with E-state index in [-0.39, 0.29) is 12.5 Å². The number of nitrogens with zero attached hydrogens (tertiary/aromatic N) is 2. The van der Waals surface area contributed by atoms with Crippen molar-refractivity contribution < 1.29 is 14.4 Å². The molecular formula is C26H24ClN3O3. The fourth-order valence-electron chi connectivity index (χ4n) is 3.34. The van der Waals surface area contributed by atoms with Gasteiger partial charge in [0.25, 0.3) is 5.91 Å². The highest BCUT2D eigenvalue weighted by Crippen LogP contribution is 2.25. The molecule has 4 rings (SSSR count). The smallest absolute Gasteiger partial charge is 0.274 e. The lowest BCUT2D eigenvalue weighted by atomic mass is 10.2. The number of aryl methyl sites for hydroxylation is 1. The summed E-state index contributed by atoms with van der Waals surface area (Å²) in [6, 6.07) is 26.4. The lowest BCUT2D eigenvalue weighted by Gasteiger charge is -2.13. The van der Waals surface area contributed by atoms with Crippen LogP contribution < -0.4 is 10.2 Å². The molecule has 0 aliphatic heterocycles. The van der Waals surface area contributed by atoms with Crippen molar-refractivity contribution >= 4 is 17.5 Å². The first-order chi connectivity index (χ1) is 16.1. The third kappa shape index (κ3) is 6.22. The fourth-order valence-corrected chi connectivity index (χ4v) is 3.54. The first-order valence-corrected chi connectivity index (χ1v) is 10.9. The van der Waals surface area contributed by atoms with E-state index in [1.165, 1.54) is 0 Å². The van der Waals surface area contributed by atoms with E-state index in [0.29, 0.717) is 29.4 Å². The van der Waals surface area contributed by atoms with Crippen LogP contribution in [0.15, 0.2) is 84.9 Å². The van der Waals surface area contributed by atoms with Crippen LogP contribution in [-0.2, 0) is 24.6 Å². The average Bonchev–Trinajstić information content (AvgIpc) is 3.18. The predicted octanol–water partition coefficient (Wildman–Crippen LogP) is 5.33. The fraction of sp³-hybridized carbons (Fsp3) is 0.154. The molecule has 4 aromatic rings. The second-order valence-electron chi connectivity index (χ2n) is 7.55. The molecule has 0 radical (unpaired) electrons. The Bertz CT molecular complexity index is 1210. The summed E-state index contributed by atoms with van der Waals surface area (Å²) in [4.78, 5) is 17.5. The number of carbonyl (C=O) groups is 1. The molecule has 0 unspecified atom stereocenters. The van der Waals surface area contributed by atoms with Gasteiger partial charge < -0.3 is 4.74 Å². The summed E-state index contributed by atoms with van der Waals surface area (Å²) in [5, 5.41) is 5.24. The van der Waals surface area contributed by atoms with Gasteiger partial charge in [-0.15, -0.1) is 0 Å². The minimum Gasteiger partial charge on any atom is -0.489 e. The molecule has 1 N–H and O–H groups in total. The number of benzene rings is 3. The topological polar surface area (TPSA) is 65.4 Å². The van der Waals surface area contributed by atoms with Crippen molar-refractivity contribution in [2.75, 3.05) is 0 Å². The Balaban J connectivity index is 1.39. The SMILES string of the molecule is Cc1cc(CONC(=O)c2ccccc2)nn1Cc1cc(Cl)ccc1OCc1ccccc1. The van der Waals surface area contributed by atoms with E-state index in [9.17, 15) is 4.79 Å². The van der Waals surface area contributed by atoms with Gasteiger partial charge in [0.1, 0.15) is 19.0 Å². The maximum atomic E-state index is 12.1. The maximum Gasteiger partial charge on any atom is 0.274 e. The Kier molecular flexibility index (Phi) is 7.40. The first kappa shape index (κ1) is 22.6. The monoisotopic (exact) mass is 461 g/mol. The number of carbonyl (C=O) groups excluding carboxylic acids is 1.